The minimum atomic E-state index is -0.577. The molecule has 104 valence electrons. The van der Waals surface area contributed by atoms with Gasteiger partial charge in [0.15, 0.2) is 0 Å². The first kappa shape index (κ1) is 13.3. The number of piperazine rings is 1. The lowest BCUT2D eigenvalue weighted by atomic mass is 10.2. The van der Waals surface area contributed by atoms with E-state index in [0.29, 0.717) is 13.1 Å². The lowest BCUT2D eigenvalue weighted by Crippen LogP contribution is -2.57. The number of hydrogen-bond acceptors (Lipinski definition) is 4. The second-order valence-corrected chi connectivity index (χ2v) is 4.67. The van der Waals surface area contributed by atoms with E-state index in [-0.39, 0.29) is 24.9 Å². The van der Waals surface area contributed by atoms with Crippen LogP contribution in [0.2, 0.25) is 0 Å². The Kier molecular flexibility index (Phi) is 3.41. The molecule has 0 aromatic carbocycles. The first-order valence-corrected chi connectivity index (χ1v) is 6.04. The highest BCUT2D eigenvalue weighted by atomic mass is 16.2. The highest BCUT2D eigenvalue weighted by Crippen LogP contribution is 2.10. The van der Waals surface area contributed by atoms with E-state index in [1.54, 1.807) is 6.92 Å². The highest BCUT2D eigenvalue weighted by molar-refractivity contribution is 6.04. The molecule has 1 atom stereocenters. The lowest BCUT2D eigenvalue weighted by Gasteiger charge is -2.33. The first-order valence-electron chi connectivity index (χ1n) is 6.04. The molecule has 0 aliphatic carbocycles. The van der Waals surface area contributed by atoms with Gasteiger partial charge in [-0.25, -0.2) is 4.79 Å². The van der Waals surface area contributed by atoms with Crippen molar-refractivity contribution < 1.29 is 19.2 Å². The van der Waals surface area contributed by atoms with E-state index >= 15 is 0 Å². The Morgan fingerprint density at radius 1 is 1.37 bits per heavy atom. The molecule has 19 heavy (non-hydrogen) atoms. The van der Waals surface area contributed by atoms with Crippen molar-refractivity contribution in [3.63, 3.8) is 0 Å². The summed E-state index contributed by atoms with van der Waals surface area (Å²) in [5.41, 5.74) is 0. The molecular weight excluding hydrogens is 252 g/mol. The number of carbonyl (C=O) groups is 4. The van der Waals surface area contributed by atoms with Crippen LogP contribution in [0.4, 0.5) is 4.79 Å². The van der Waals surface area contributed by atoms with E-state index in [9.17, 15) is 19.2 Å². The Labute approximate surface area is 110 Å². The van der Waals surface area contributed by atoms with E-state index < -0.39 is 18.0 Å². The fourth-order valence-electron chi connectivity index (χ4n) is 2.17. The van der Waals surface area contributed by atoms with Crippen LogP contribution in [0.15, 0.2) is 0 Å². The highest BCUT2D eigenvalue weighted by Gasteiger charge is 2.37. The molecule has 2 aliphatic rings. The Bertz CT molecular complexity index is 450. The standard InChI is InChI=1S/C11H16N4O4/c1-7-10(18)12-3-4-14(7)9(17)6-15-8(16)5-13(2)11(15)19/h7H,3-6H2,1-2H3,(H,12,18). The number of nitrogens with one attached hydrogen (secondary N) is 1. The van der Waals surface area contributed by atoms with Gasteiger partial charge in [0.05, 0.1) is 0 Å². The molecule has 2 fully saturated rings. The molecule has 0 bridgehead atoms. The zero-order chi connectivity index (χ0) is 14.2. The smallest absolute Gasteiger partial charge is 0.327 e. The molecule has 8 nitrogen and oxygen atoms in total. The fraction of sp³-hybridized carbons (Fsp3) is 0.636. The van der Waals surface area contributed by atoms with Crippen LogP contribution in [0.3, 0.4) is 0 Å². The molecule has 2 rings (SSSR count). The first-order chi connectivity index (χ1) is 8.91. The maximum absolute atomic E-state index is 12.1. The lowest BCUT2D eigenvalue weighted by molar-refractivity contribution is -0.144. The minimum Gasteiger partial charge on any atom is -0.353 e. The minimum absolute atomic E-state index is 0.0118. The van der Waals surface area contributed by atoms with Gasteiger partial charge in [0, 0.05) is 20.1 Å². The predicted molar refractivity (Wildman–Crippen MR) is 63.9 cm³/mol. The molecule has 0 aromatic heterocycles. The van der Waals surface area contributed by atoms with E-state index in [2.05, 4.69) is 5.32 Å². The van der Waals surface area contributed by atoms with Crippen LogP contribution in [0.1, 0.15) is 6.92 Å². The number of amides is 5. The summed E-state index contributed by atoms with van der Waals surface area (Å²) in [4.78, 5) is 50.3. The van der Waals surface area contributed by atoms with Crippen LogP contribution in [0.5, 0.6) is 0 Å². The van der Waals surface area contributed by atoms with Gasteiger partial charge in [0.25, 0.3) is 5.91 Å². The second-order valence-electron chi connectivity index (χ2n) is 4.67. The second kappa shape index (κ2) is 4.87. The van der Waals surface area contributed by atoms with Crippen LogP contribution in [0.25, 0.3) is 0 Å². The molecule has 1 unspecified atom stereocenters. The molecule has 2 aliphatic heterocycles. The van der Waals surface area contributed by atoms with Crippen LogP contribution in [0, 0.1) is 0 Å². The number of likely N-dealkylation sites (N-methyl/N-ethyl adjacent to an activating group) is 1. The number of urea groups is 1. The topological polar surface area (TPSA) is 90.0 Å². The van der Waals surface area contributed by atoms with Gasteiger partial charge in [-0.2, -0.15) is 0 Å². The van der Waals surface area contributed by atoms with Gasteiger partial charge in [-0.3, -0.25) is 19.3 Å². The summed E-state index contributed by atoms with van der Waals surface area (Å²) in [5, 5.41) is 2.65. The van der Waals surface area contributed by atoms with Crippen molar-refractivity contribution in [1.82, 2.24) is 20.0 Å². The van der Waals surface area contributed by atoms with Crippen molar-refractivity contribution in [2.75, 3.05) is 33.2 Å². The molecular formula is C11H16N4O4. The van der Waals surface area contributed by atoms with Gasteiger partial charge in [-0.05, 0) is 6.92 Å². The average Bonchev–Trinajstić information content (AvgIpc) is 2.59. The van der Waals surface area contributed by atoms with Gasteiger partial charge in [-0.15, -0.1) is 0 Å². The van der Waals surface area contributed by atoms with Gasteiger partial charge in [-0.1, -0.05) is 0 Å². The third-order valence-electron chi connectivity index (χ3n) is 3.34. The summed E-state index contributed by atoms with van der Waals surface area (Å²) in [6.07, 6.45) is 0. The van der Waals surface area contributed by atoms with Crippen molar-refractivity contribution in [2.24, 2.45) is 0 Å². The summed E-state index contributed by atoms with van der Waals surface area (Å²) < 4.78 is 0. The summed E-state index contributed by atoms with van der Waals surface area (Å²) in [5.74, 6) is -1.01. The number of imide groups is 1. The molecule has 5 amide bonds. The third kappa shape index (κ3) is 2.38. The molecule has 2 heterocycles. The quantitative estimate of drug-likeness (QED) is 0.600. The van der Waals surface area contributed by atoms with Crippen molar-refractivity contribution >= 4 is 23.8 Å². The van der Waals surface area contributed by atoms with Crippen molar-refractivity contribution in [3.8, 4) is 0 Å². The average molecular weight is 268 g/mol. The van der Waals surface area contributed by atoms with Crippen molar-refractivity contribution in [1.29, 1.82) is 0 Å². The molecule has 0 saturated carbocycles. The normalized spacial score (nSPS) is 24.0. The van der Waals surface area contributed by atoms with Crippen LogP contribution in [-0.2, 0) is 14.4 Å². The summed E-state index contributed by atoms with van der Waals surface area (Å²) in [6.45, 7) is 2.07. The summed E-state index contributed by atoms with van der Waals surface area (Å²) in [7, 11) is 1.50. The monoisotopic (exact) mass is 268 g/mol. The summed E-state index contributed by atoms with van der Waals surface area (Å²) in [6, 6.07) is -1.06. The van der Waals surface area contributed by atoms with Crippen molar-refractivity contribution in [2.45, 2.75) is 13.0 Å². The van der Waals surface area contributed by atoms with E-state index in [1.807, 2.05) is 0 Å². The number of carbonyl (C=O) groups excluding carboxylic acids is 4. The zero-order valence-electron chi connectivity index (χ0n) is 10.9. The Balaban J connectivity index is 2.03. The SMILES string of the molecule is CC1C(=O)NCCN1C(=O)CN1C(=O)CN(C)C1=O. The predicted octanol–water partition coefficient (Wildman–Crippen LogP) is -1.77. The van der Waals surface area contributed by atoms with Crippen LogP contribution < -0.4 is 5.32 Å². The molecule has 8 heteroatoms. The largest absolute Gasteiger partial charge is 0.353 e. The van der Waals surface area contributed by atoms with Gasteiger partial charge in [0.2, 0.25) is 11.8 Å². The number of nitrogens with zero attached hydrogens (tertiary/aromatic N) is 3. The molecule has 1 N–H and O–H groups in total. The van der Waals surface area contributed by atoms with Crippen molar-refractivity contribution in [3.05, 3.63) is 0 Å². The Morgan fingerprint density at radius 3 is 2.63 bits per heavy atom. The summed E-state index contributed by atoms with van der Waals surface area (Å²) >= 11 is 0. The Hall–Kier alpha value is -2.12. The number of rotatable bonds is 2. The molecule has 2 saturated heterocycles. The maximum atomic E-state index is 12.1. The fourth-order valence-corrected chi connectivity index (χ4v) is 2.17. The molecule has 0 radical (unpaired) electrons. The Morgan fingerprint density at radius 2 is 2.05 bits per heavy atom. The van der Waals surface area contributed by atoms with E-state index in [4.69, 9.17) is 0 Å². The molecule has 0 aromatic rings. The van der Waals surface area contributed by atoms with Crippen LogP contribution in [-0.4, -0.2) is 77.7 Å². The van der Waals surface area contributed by atoms with Gasteiger partial charge in [0.1, 0.15) is 19.1 Å². The van der Waals surface area contributed by atoms with E-state index in [0.717, 1.165) is 4.90 Å². The maximum Gasteiger partial charge on any atom is 0.327 e. The van der Waals surface area contributed by atoms with E-state index in [1.165, 1.54) is 16.8 Å². The third-order valence-corrected chi connectivity index (χ3v) is 3.34. The van der Waals surface area contributed by atoms with Gasteiger partial charge < -0.3 is 15.1 Å². The van der Waals surface area contributed by atoms with Crippen LogP contribution >= 0.6 is 0 Å². The molecule has 0 spiro atoms. The zero-order valence-corrected chi connectivity index (χ0v) is 10.9. The van der Waals surface area contributed by atoms with Gasteiger partial charge >= 0.3 is 6.03 Å². The number of hydrogen-bond donors (Lipinski definition) is 1.